The summed E-state index contributed by atoms with van der Waals surface area (Å²) in [6.07, 6.45) is 0. The molecule has 0 aromatic heterocycles. The first-order chi connectivity index (χ1) is 22.8. The summed E-state index contributed by atoms with van der Waals surface area (Å²) in [6, 6.07) is 63.3. The molecule has 0 radical (unpaired) electrons. The molecule has 0 N–H and O–H groups in total. The van der Waals surface area contributed by atoms with Crippen LogP contribution in [0.25, 0.3) is 54.9 Å². The normalized spacial score (nSPS) is 13.7. The Balaban J connectivity index is 1.28. The molecule has 1 aliphatic carbocycles. The van der Waals surface area contributed by atoms with E-state index in [2.05, 4.69) is 170 Å². The molecule has 0 nitrogen and oxygen atoms in total. The van der Waals surface area contributed by atoms with E-state index < -0.39 is 5.41 Å². The zero-order chi connectivity index (χ0) is 30.2. The van der Waals surface area contributed by atoms with Gasteiger partial charge in [-0.3, -0.25) is 0 Å². The Bertz CT molecular complexity index is 2450. The van der Waals surface area contributed by atoms with Gasteiger partial charge in [0.1, 0.15) is 0 Å². The van der Waals surface area contributed by atoms with Gasteiger partial charge in [0, 0.05) is 15.2 Å². The van der Waals surface area contributed by atoms with Gasteiger partial charge in [0.2, 0.25) is 0 Å². The lowest BCUT2D eigenvalue weighted by Gasteiger charge is -2.34. The van der Waals surface area contributed by atoms with Crippen molar-refractivity contribution in [1.82, 2.24) is 0 Å². The molecule has 46 heavy (non-hydrogen) atoms. The molecule has 0 spiro atoms. The average Bonchev–Trinajstić information content (AvgIpc) is 3.43. The second kappa shape index (κ2) is 9.81. The molecule has 0 saturated carbocycles. The maximum atomic E-state index is 2.49. The molecule has 0 amide bonds. The number of fused-ring (bicyclic) bond motifs is 7. The van der Waals surface area contributed by atoms with Gasteiger partial charge < -0.3 is 0 Å². The van der Waals surface area contributed by atoms with Crippen molar-refractivity contribution < 1.29 is 0 Å². The Kier molecular flexibility index (Phi) is 5.53. The molecule has 1 aliphatic heterocycles. The monoisotopic (exact) mass is 600 g/mol. The fourth-order valence-electron chi connectivity index (χ4n) is 8.19. The first kappa shape index (κ1) is 25.9. The van der Waals surface area contributed by atoms with Gasteiger partial charge in [-0.25, -0.2) is 0 Å². The summed E-state index contributed by atoms with van der Waals surface area (Å²) >= 11 is 1.89. The van der Waals surface area contributed by atoms with E-state index in [0.29, 0.717) is 0 Å². The maximum absolute atomic E-state index is 2.49. The number of rotatable bonds is 3. The molecular formula is C45H28S. The maximum Gasteiger partial charge on any atom is 0.0714 e. The molecule has 0 atom stereocenters. The van der Waals surface area contributed by atoms with Crippen LogP contribution in [0, 0.1) is 0 Å². The lowest BCUT2D eigenvalue weighted by atomic mass is 9.67. The fraction of sp³-hybridized carbons (Fsp3) is 0.0222. The summed E-state index contributed by atoms with van der Waals surface area (Å²) in [5.74, 6) is 0. The topological polar surface area (TPSA) is 0 Å². The molecule has 1 heterocycles. The van der Waals surface area contributed by atoms with Crippen molar-refractivity contribution in [1.29, 1.82) is 0 Å². The lowest BCUT2D eigenvalue weighted by Crippen LogP contribution is -2.28. The van der Waals surface area contributed by atoms with Crippen LogP contribution in [-0.4, -0.2) is 0 Å². The molecular weight excluding hydrogens is 573 g/mol. The Hall–Kier alpha value is -5.37. The number of benzene rings is 8. The number of hydrogen-bond donors (Lipinski definition) is 0. The van der Waals surface area contributed by atoms with E-state index in [4.69, 9.17) is 0 Å². The van der Waals surface area contributed by atoms with E-state index in [9.17, 15) is 0 Å². The second-order valence-electron chi connectivity index (χ2n) is 12.4. The van der Waals surface area contributed by atoms with E-state index in [1.165, 1.54) is 87.0 Å². The van der Waals surface area contributed by atoms with Crippen LogP contribution in [-0.2, 0) is 5.41 Å². The van der Waals surface area contributed by atoms with Crippen molar-refractivity contribution in [3.05, 3.63) is 192 Å². The van der Waals surface area contributed by atoms with Crippen molar-refractivity contribution in [3.8, 4) is 33.4 Å². The highest BCUT2D eigenvalue weighted by atomic mass is 32.2. The summed E-state index contributed by atoms with van der Waals surface area (Å²) in [7, 11) is 0. The van der Waals surface area contributed by atoms with Crippen molar-refractivity contribution in [2.75, 3.05) is 0 Å². The van der Waals surface area contributed by atoms with Crippen LogP contribution in [0.15, 0.2) is 180 Å². The van der Waals surface area contributed by atoms with Crippen LogP contribution >= 0.6 is 11.8 Å². The Morgan fingerprint density at radius 1 is 0.391 bits per heavy atom. The third-order valence-electron chi connectivity index (χ3n) is 10.1. The smallest absolute Gasteiger partial charge is 0.0714 e. The Labute approximate surface area is 273 Å². The highest BCUT2D eigenvalue weighted by Crippen LogP contribution is 2.58. The van der Waals surface area contributed by atoms with Gasteiger partial charge >= 0.3 is 0 Å². The van der Waals surface area contributed by atoms with E-state index in [1.54, 1.807) is 0 Å². The molecule has 2 aliphatic rings. The van der Waals surface area contributed by atoms with Crippen molar-refractivity contribution >= 4 is 33.3 Å². The van der Waals surface area contributed by atoms with E-state index in [1.807, 2.05) is 11.8 Å². The Morgan fingerprint density at radius 3 is 1.91 bits per heavy atom. The summed E-state index contributed by atoms with van der Waals surface area (Å²) in [4.78, 5) is 2.65. The van der Waals surface area contributed by atoms with Gasteiger partial charge in [0.25, 0.3) is 0 Å². The lowest BCUT2D eigenvalue weighted by molar-refractivity contribution is 0.769. The minimum Gasteiger partial charge on any atom is -0.0888 e. The first-order valence-electron chi connectivity index (χ1n) is 15.9. The van der Waals surface area contributed by atoms with Gasteiger partial charge in [0.15, 0.2) is 0 Å². The molecule has 8 aromatic carbocycles. The van der Waals surface area contributed by atoms with Crippen LogP contribution in [0.4, 0.5) is 0 Å². The van der Waals surface area contributed by atoms with E-state index in [0.717, 1.165) is 0 Å². The summed E-state index contributed by atoms with van der Waals surface area (Å²) < 4.78 is 0. The predicted octanol–water partition coefficient (Wildman–Crippen LogP) is 12.2. The molecule has 1 heteroatoms. The van der Waals surface area contributed by atoms with Gasteiger partial charge in [-0.2, -0.15) is 0 Å². The zero-order valence-corrected chi connectivity index (χ0v) is 25.9. The van der Waals surface area contributed by atoms with Crippen molar-refractivity contribution in [3.63, 3.8) is 0 Å². The quantitative estimate of drug-likeness (QED) is 0.194. The van der Waals surface area contributed by atoms with Gasteiger partial charge in [-0.15, -0.1) is 0 Å². The standard InChI is InChI=1S/C45H28S/c1-3-14-33(15-4-1)45(34-16-5-2-6-17-34)39-25-23-29-12-7-8-18-35(29)44(39)38-24-22-30(27-40(38)45)32-26-31-13-11-20-37-36-19-9-10-21-41(36)46-42(28-32)43(31)37/h1-28H. The van der Waals surface area contributed by atoms with Crippen LogP contribution in [0.3, 0.4) is 0 Å². The minimum atomic E-state index is -0.445. The SMILES string of the molecule is c1ccc(C2(c3ccccc3)c3cc(-c4cc5c6c(cccc6c4)-c4ccccc4S5)ccc3-c3c2ccc2ccccc32)cc1. The average molecular weight is 601 g/mol. The summed E-state index contributed by atoms with van der Waals surface area (Å²) in [5, 5.41) is 5.23. The highest BCUT2D eigenvalue weighted by Gasteiger charge is 2.46. The molecule has 214 valence electrons. The van der Waals surface area contributed by atoms with Crippen LogP contribution < -0.4 is 0 Å². The van der Waals surface area contributed by atoms with E-state index in [-0.39, 0.29) is 0 Å². The fourth-order valence-corrected chi connectivity index (χ4v) is 9.38. The van der Waals surface area contributed by atoms with Gasteiger partial charge in [-0.05, 0) is 96.1 Å². The third-order valence-corrected chi connectivity index (χ3v) is 11.2. The molecule has 8 aromatic rings. The van der Waals surface area contributed by atoms with Crippen LogP contribution in [0.1, 0.15) is 22.3 Å². The predicted molar refractivity (Wildman–Crippen MR) is 194 cm³/mol. The highest BCUT2D eigenvalue weighted by molar-refractivity contribution is 7.99. The van der Waals surface area contributed by atoms with E-state index >= 15 is 0 Å². The zero-order valence-electron chi connectivity index (χ0n) is 25.1. The molecule has 10 rings (SSSR count). The largest absolute Gasteiger partial charge is 0.0888 e. The summed E-state index contributed by atoms with van der Waals surface area (Å²) in [5.41, 5.74) is 12.6. The van der Waals surface area contributed by atoms with Crippen molar-refractivity contribution in [2.45, 2.75) is 15.2 Å². The molecule has 0 bridgehead atoms. The van der Waals surface area contributed by atoms with Crippen LogP contribution in [0.5, 0.6) is 0 Å². The van der Waals surface area contributed by atoms with Crippen LogP contribution in [0.2, 0.25) is 0 Å². The first-order valence-corrected chi connectivity index (χ1v) is 16.7. The minimum absolute atomic E-state index is 0.445. The second-order valence-corrected chi connectivity index (χ2v) is 13.5. The Morgan fingerprint density at radius 2 is 1.09 bits per heavy atom. The molecule has 0 unspecified atom stereocenters. The van der Waals surface area contributed by atoms with Gasteiger partial charge in [0.05, 0.1) is 5.41 Å². The van der Waals surface area contributed by atoms with Crippen molar-refractivity contribution in [2.24, 2.45) is 0 Å². The van der Waals surface area contributed by atoms with Gasteiger partial charge in [-0.1, -0.05) is 157 Å². The molecule has 0 fully saturated rings. The summed E-state index contributed by atoms with van der Waals surface area (Å²) in [6.45, 7) is 0. The third kappa shape index (κ3) is 3.52. The molecule has 0 saturated heterocycles. The number of hydrogen-bond acceptors (Lipinski definition) is 1.